The molecule has 6 heteroatoms. The van der Waals surface area contributed by atoms with Gasteiger partial charge in [0.2, 0.25) is 0 Å². The van der Waals surface area contributed by atoms with Crippen LogP contribution in [0.15, 0.2) is 48.7 Å². The number of imidazole rings is 1. The third kappa shape index (κ3) is 2.90. The number of thiazole rings is 1. The molecule has 0 saturated carbocycles. The molecule has 5 nitrogen and oxygen atoms in total. The molecule has 2 aromatic carbocycles. The van der Waals surface area contributed by atoms with E-state index in [2.05, 4.69) is 40.9 Å². The number of aromatic nitrogens is 2. The molecule has 0 aliphatic rings. The van der Waals surface area contributed by atoms with E-state index >= 15 is 0 Å². The van der Waals surface area contributed by atoms with Crippen LogP contribution in [-0.2, 0) is 0 Å². The van der Waals surface area contributed by atoms with Crippen molar-refractivity contribution in [1.82, 2.24) is 14.7 Å². The molecule has 2 aromatic heterocycles. The highest BCUT2D eigenvalue weighted by Crippen LogP contribution is 2.30. The Morgan fingerprint density at radius 2 is 2.04 bits per heavy atom. The van der Waals surface area contributed by atoms with E-state index in [0.717, 1.165) is 26.4 Å². The summed E-state index contributed by atoms with van der Waals surface area (Å²) in [5.74, 6) is -0.0984. The molecule has 0 atom stereocenters. The van der Waals surface area contributed by atoms with E-state index in [1.807, 2.05) is 24.4 Å². The van der Waals surface area contributed by atoms with Crippen LogP contribution in [0.5, 0.6) is 0 Å². The van der Waals surface area contributed by atoms with E-state index in [9.17, 15) is 4.79 Å². The van der Waals surface area contributed by atoms with Gasteiger partial charge in [-0.05, 0) is 25.1 Å². The third-order valence-corrected chi connectivity index (χ3v) is 5.15. The average Bonchev–Trinajstić information content (AvgIpc) is 3.17. The van der Waals surface area contributed by atoms with Gasteiger partial charge < -0.3 is 11.1 Å². The van der Waals surface area contributed by atoms with Crippen molar-refractivity contribution in [2.75, 3.05) is 13.1 Å². The quantitative estimate of drug-likeness (QED) is 0.594. The smallest absolute Gasteiger partial charge is 0.251 e. The van der Waals surface area contributed by atoms with Crippen molar-refractivity contribution >= 4 is 32.4 Å². The summed E-state index contributed by atoms with van der Waals surface area (Å²) in [6, 6.07) is 14.1. The Morgan fingerprint density at radius 3 is 2.80 bits per heavy atom. The Morgan fingerprint density at radius 1 is 1.24 bits per heavy atom. The largest absolute Gasteiger partial charge is 0.351 e. The van der Waals surface area contributed by atoms with Gasteiger partial charge in [0.25, 0.3) is 5.91 Å². The number of carbonyl (C=O) groups excluding carboxylic acids is 1. The molecule has 0 radical (unpaired) electrons. The molecular formula is C19H18N4OS. The second-order valence-electron chi connectivity index (χ2n) is 5.97. The summed E-state index contributed by atoms with van der Waals surface area (Å²) in [6.07, 6.45) is 2.05. The van der Waals surface area contributed by atoms with Crippen LogP contribution < -0.4 is 11.1 Å². The van der Waals surface area contributed by atoms with Gasteiger partial charge in [0.1, 0.15) is 0 Å². The van der Waals surface area contributed by atoms with E-state index < -0.39 is 0 Å². The SMILES string of the molecule is Cc1ccc(-c2cn3c(n2)sc2cc(C(=O)NCCN)ccc23)cc1. The van der Waals surface area contributed by atoms with Crippen LogP contribution in [0.2, 0.25) is 0 Å². The molecule has 126 valence electrons. The number of aryl methyl sites for hydroxylation is 1. The number of hydrogen-bond acceptors (Lipinski definition) is 4. The molecular weight excluding hydrogens is 332 g/mol. The highest BCUT2D eigenvalue weighted by atomic mass is 32.1. The Labute approximate surface area is 149 Å². The maximum absolute atomic E-state index is 12.1. The Bertz CT molecular complexity index is 1060. The van der Waals surface area contributed by atoms with Gasteiger partial charge in [-0.3, -0.25) is 9.20 Å². The number of hydrogen-bond donors (Lipinski definition) is 2. The van der Waals surface area contributed by atoms with Gasteiger partial charge in [0.05, 0.1) is 15.9 Å². The molecule has 0 unspecified atom stereocenters. The standard InChI is InChI=1S/C19H18N4OS/c1-12-2-4-13(5-3-12)15-11-23-16-7-6-14(18(24)21-9-8-20)10-17(16)25-19(23)22-15/h2-7,10-11H,8-9,20H2,1H3,(H,21,24). The first-order valence-electron chi connectivity index (χ1n) is 8.12. The summed E-state index contributed by atoms with van der Waals surface area (Å²) in [6.45, 7) is 2.98. The highest BCUT2D eigenvalue weighted by molar-refractivity contribution is 7.23. The van der Waals surface area contributed by atoms with Crippen LogP contribution >= 0.6 is 11.3 Å². The van der Waals surface area contributed by atoms with Crippen LogP contribution in [0, 0.1) is 6.92 Å². The normalized spacial score (nSPS) is 11.3. The van der Waals surface area contributed by atoms with Crippen molar-refractivity contribution in [3.63, 3.8) is 0 Å². The molecule has 0 saturated heterocycles. The minimum Gasteiger partial charge on any atom is -0.351 e. The second kappa shape index (κ2) is 6.31. The zero-order valence-corrected chi connectivity index (χ0v) is 14.6. The van der Waals surface area contributed by atoms with Crippen LogP contribution in [0.1, 0.15) is 15.9 Å². The van der Waals surface area contributed by atoms with Crippen molar-refractivity contribution < 1.29 is 4.79 Å². The fourth-order valence-electron chi connectivity index (χ4n) is 2.79. The first-order chi connectivity index (χ1) is 12.2. The molecule has 3 N–H and O–H groups in total. The van der Waals surface area contributed by atoms with Crippen LogP contribution in [0.4, 0.5) is 0 Å². The number of benzene rings is 2. The molecule has 0 fully saturated rings. The first-order valence-corrected chi connectivity index (χ1v) is 8.94. The lowest BCUT2D eigenvalue weighted by atomic mass is 10.1. The molecule has 2 heterocycles. The summed E-state index contributed by atoms with van der Waals surface area (Å²) in [4.78, 5) is 17.7. The molecule has 0 spiro atoms. The van der Waals surface area contributed by atoms with E-state index in [1.54, 1.807) is 11.3 Å². The molecule has 0 aliphatic carbocycles. The molecule has 1 amide bonds. The fraction of sp³-hybridized carbons (Fsp3) is 0.158. The number of fused-ring (bicyclic) bond motifs is 3. The minimum atomic E-state index is -0.0984. The Balaban J connectivity index is 1.72. The molecule has 25 heavy (non-hydrogen) atoms. The molecule has 0 bridgehead atoms. The first kappa shape index (κ1) is 15.8. The van der Waals surface area contributed by atoms with Crippen LogP contribution in [-0.4, -0.2) is 28.4 Å². The van der Waals surface area contributed by atoms with E-state index in [-0.39, 0.29) is 5.91 Å². The van der Waals surface area contributed by atoms with Crippen molar-refractivity contribution in [1.29, 1.82) is 0 Å². The van der Waals surface area contributed by atoms with Crippen molar-refractivity contribution in [3.05, 3.63) is 59.8 Å². The van der Waals surface area contributed by atoms with E-state index in [1.165, 1.54) is 5.56 Å². The van der Waals surface area contributed by atoms with Crippen LogP contribution in [0.25, 0.3) is 26.4 Å². The fourth-order valence-corrected chi connectivity index (χ4v) is 3.84. The minimum absolute atomic E-state index is 0.0984. The number of nitrogens with two attached hydrogens (primary N) is 1. The third-order valence-electron chi connectivity index (χ3n) is 4.13. The van der Waals surface area contributed by atoms with Gasteiger partial charge >= 0.3 is 0 Å². The zero-order chi connectivity index (χ0) is 17.4. The van der Waals surface area contributed by atoms with Gasteiger partial charge in [0.15, 0.2) is 4.96 Å². The van der Waals surface area contributed by atoms with Crippen LogP contribution in [0.3, 0.4) is 0 Å². The maximum atomic E-state index is 12.1. The zero-order valence-electron chi connectivity index (χ0n) is 13.8. The predicted molar refractivity (Wildman–Crippen MR) is 102 cm³/mol. The summed E-state index contributed by atoms with van der Waals surface area (Å²) >= 11 is 1.58. The average molecular weight is 350 g/mol. The van der Waals surface area contributed by atoms with Gasteiger partial charge in [-0.25, -0.2) is 4.98 Å². The van der Waals surface area contributed by atoms with Crippen molar-refractivity contribution in [2.45, 2.75) is 6.92 Å². The Kier molecular flexibility index (Phi) is 3.99. The monoisotopic (exact) mass is 350 g/mol. The van der Waals surface area contributed by atoms with Crippen molar-refractivity contribution in [2.24, 2.45) is 5.73 Å². The summed E-state index contributed by atoms with van der Waals surface area (Å²) < 4.78 is 3.12. The lowest BCUT2D eigenvalue weighted by Crippen LogP contribution is -2.28. The molecule has 0 aliphatic heterocycles. The summed E-state index contributed by atoms with van der Waals surface area (Å²) in [5, 5.41) is 2.79. The lowest BCUT2D eigenvalue weighted by Gasteiger charge is -2.03. The van der Waals surface area contributed by atoms with E-state index in [0.29, 0.717) is 18.7 Å². The number of nitrogens with one attached hydrogen (secondary N) is 1. The maximum Gasteiger partial charge on any atom is 0.251 e. The topological polar surface area (TPSA) is 72.4 Å². The molecule has 4 aromatic rings. The summed E-state index contributed by atoms with van der Waals surface area (Å²) in [5.41, 5.74) is 10.4. The van der Waals surface area contributed by atoms with Gasteiger partial charge in [-0.1, -0.05) is 41.2 Å². The van der Waals surface area contributed by atoms with Gasteiger partial charge in [-0.2, -0.15) is 0 Å². The summed E-state index contributed by atoms with van der Waals surface area (Å²) in [7, 11) is 0. The number of rotatable bonds is 4. The predicted octanol–water partition coefficient (Wildman–Crippen LogP) is 3.21. The van der Waals surface area contributed by atoms with Gasteiger partial charge in [0, 0.05) is 30.4 Å². The highest BCUT2D eigenvalue weighted by Gasteiger charge is 2.12. The number of nitrogens with zero attached hydrogens (tertiary/aromatic N) is 2. The molecule has 4 rings (SSSR count). The number of carbonyl (C=O) groups is 1. The van der Waals surface area contributed by atoms with Gasteiger partial charge in [-0.15, -0.1) is 0 Å². The van der Waals surface area contributed by atoms with Crippen molar-refractivity contribution in [3.8, 4) is 11.3 Å². The second-order valence-corrected chi connectivity index (χ2v) is 6.98. The lowest BCUT2D eigenvalue weighted by molar-refractivity contribution is 0.0955. The number of amides is 1. The Hall–Kier alpha value is -2.70. The van der Waals surface area contributed by atoms with E-state index in [4.69, 9.17) is 10.7 Å².